The summed E-state index contributed by atoms with van der Waals surface area (Å²) in [5, 5.41) is 15.0. The van der Waals surface area contributed by atoms with Crippen LogP contribution in [0.3, 0.4) is 0 Å². The van der Waals surface area contributed by atoms with E-state index in [0.29, 0.717) is 47.8 Å². The van der Waals surface area contributed by atoms with Crippen LogP contribution in [0.15, 0.2) is 52.7 Å². The summed E-state index contributed by atoms with van der Waals surface area (Å²) in [6.45, 7) is 10.3. The van der Waals surface area contributed by atoms with E-state index in [9.17, 15) is 19.5 Å². The van der Waals surface area contributed by atoms with E-state index < -0.39 is 11.7 Å². The van der Waals surface area contributed by atoms with Gasteiger partial charge in [0, 0.05) is 48.5 Å². The number of carbonyl (C=O) groups excluding carboxylic acids is 3. The molecular formula is C30H40N4O5. The van der Waals surface area contributed by atoms with E-state index in [0.717, 1.165) is 18.5 Å². The molecule has 9 heteroatoms. The lowest BCUT2D eigenvalue weighted by Gasteiger charge is -2.24. The van der Waals surface area contributed by atoms with E-state index in [2.05, 4.69) is 28.6 Å². The van der Waals surface area contributed by atoms with Crippen molar-refractivity contribution in [2.75, 3.05) is 19.7 Å². The Balaban J connectivity index is 1.95. The van der Waals surface area contributed by atoms with Crippen molar-refractivity contribution >= 4 is 35.5 Å². The monoisotopic (exact) mass is 536 g/mol. The molecule has 0 bridgehead atoms. The van der Waals surface area contributed by atoms with Gasteiger partial charge in [-0.2, -0.15) is 0 Å². The Morgan fingerprint density at radius 3 is 2.62 bits per heavy atom. The van der Waals surface area contributed by atoms with Gasteiger partial charge in [0.05, 0.1) is 5.69 Å². The fourth-order valence-corrected chi connectivity index (χ4v) is 4.34. The van der Waals surface area contributed by atoms with Crippen molar-refractivity contribution in [2.45, 2.75) is 65.9 Å². The summed E-state index contributed by atoms with van der Waals surface area (Å²) >= 11 is 0. The molecule has 9 nitrogen and oxygen atoms in total. The highest BCUT2D eigenvalue weighted by Crippen LogP contribution is 2.29. The van der Waals surface area contributed by atoms with E-state index >= 15 is 0 Å². The lowest BCUT2D eigenvalue weighted by Crippen LogP contribution is -2.38. The number of ether oxygens (including phenoxy) is 1. The molecule has 0 aromatic heterocycles. The Bertz CT molecular complexity index is 1210. The van der Waals surface area contributed by atoms with Gasteiger partial charge in [0.2, 0.25) is 5.91 Å². The Hall–Kier alpha value is -3.72. The topological polar surface area (TPSA) is 120 Å². The number of hydrogen-bond acceptors (Lipinski definition) is 6. The summed E-state index contributed by atoms with van der Waals surface area (Å²) in [5.41, 5.74) is 2.10. The van der Waals surface area contributed by atoms with Crippen LogP contribution in [0.25, 0.3) is 6.08 Å². The average Bonchev–Trinajstić information content (AvgIpc) is 3.03. The predicted octanol–water partition coefficient (Wildman–Crippen LogP) is 4.86. The van der Waals surface area contributed by atoms with Crippen molar-refractivity contribution in [3.63, 3.8) is 0 Å². The third-order valence-electron chi connectivity index (χ3n) is 6.08. The summed E-state index contributed by atoms with van der Waals surface area (Å²) in [5.74, 6) is 0.137. The number of rotatable bonds is 8. The Morgan fingerprint density at radius 2 is 1.95 bits per heavy atom. The minimum atomic E-state index is -0.713. The van der Waals surface area contributed by atoms with Crippen molar-refractivity contribution in [1.82, 2.24) is 15.5 Å². The van der Waals surface area contributed by atoms with Crippen molar-refractivity contribution < 1.29 is 24.2 Å². The number of carbonyl (C=O) groups is 3. The van der Waals surface area contributed by atoms with Crippen LogP contribution in [0, 0.1) is 5.92 Å². The van der Waals surface area contributed by atoms with E-state index in [-0.39, 0.29) is 30.7 Å². The number of fused-ring (bicyclic) bond motifs is 1. The highest BCUT2D eigenvalue weighted by molar-refractivity contribution is 6.09. The molecule has 2 aliphatic rings. The molecule has 1 aliphatic heterocycles. The zero-order chi connectivity index (χ0) is 28.6. The average molecular weight is 537 g/mol. The van der Waals surface area contributed by atoms with Crippen LogP contribution in [-0.4, -0.2) is 59.0 Å². The third kappa shape index (κ3) is 8.92. The van der Waals surface area contributed by atoms with Gasteiger partial charge in [-0.1, -0.05) is 32.1 Å². The zero-order valence-electron chi connectivity index (χ0n) is 23.5. The van der Waals surface area contributed by atoms with Gasteiger partial charge in [0.25, 0.3) is 5.91 Å². The molecule has 3 rings (SSSR count). The molecule has 0 saturated heterocycles. The third-order valence-corrected chi connectivity index (χ3v) is 6.08. The number of aliphatic hydroxyl groups excluding tert-OH is 1. The first kappa shape index (κ1) is 29.8. The second-order valence-electron chi connectivity index (χ2n) is 10.9. The smallest absolute Gasteiger partial charge is 0.413 e. The Labute approximate surface area is 230 Å². The van der Waals surface area contributed by atoms with E-state index in [4.69, 9.17) is 4.74 Å². The predicted molar refractivity (Wildman–Crippen MR) is 153 cm³/mol. The molecule has 3 N–H and O–H groups in total. The first-order valence-electron chi connectivity index (χ1n) is 13.5. The van der Waals surface area contributed by atoms with Crippen LogP contribution in [0.1, 0.15) is 76.2 Å². The van der Waals surface area contributed by atoms with Crippen molar-refractivity contribution in [1.29, 1.82) is 0 Å². The van der Waals surface area contributed by atoms with Crippen LogP contribution < -0.4 is 10.6 Å². The number of amidine groups is 1. The molecule has 1 aromatic carbocycles. The minimum absolute atomic E-state index is 0.0147. The quantitative estimate of drug-likeness (QED) is 0.438. The molecule has 3 amide bonds. The molecule has 1 atom stereocenters. The fraction of sp³-hybridized carbons (Fsp3) is 0.467. The van der Waals surface area contributed by atoms with E-state index in [1.807, 2.05) is 19.1 Å². The highest BCUT2D eigenvalue weighted by Gasteiger charge is 2.25. The first-order chi connectivity index (χ1) is 18.5. The van der Waals surface area contributed by atoms with Gasteiger partial charge in [0.15, 0.2) is 0 Å². The van der Waals surface area contributed by atoms with Gasteiger partial charge in [0.1, 0.15) is 11.4 Å². The number of aliphatic hydroxyl groups is 1. The van der Waals surface area contributed by atoms with Gasteiger partial charge in [-0.25, -0.2) is 9.79 Å². The van der Waals surface area contributed by atoms with Crippen LogP contribution in [0.5, 0.6) is 0 Å². The van der Waals surface area contributed by atoms with Gasteiger partial charge in [-0.05, 0) is 70.2 Å². The molecule has 0 fully saturated rings. The van der Waals surface area contributed by atoms with E-state index in [1.165, 1.54) is 0 Å². The maximum atomic E-state index is 13.5. The summed E-state index contributed by atoms with van der Waals surface area (Å²) in [7, 11) is 0. The molecule has 1 aromatic rings. The normalized spacial score (nSPS) is 16.7. The van der Waals surface area contributed by atoms with Crippen molar-refractivity contribution in [3.05, 3.63) is 58.8 Å². The molecule has 0 spiro atoms. The maximum Gasteiger partial charge on any atom is 0.413 e. The highest BCUT2D eigenvalue weighted by atomic mass is 16.6. The van der Waals surface area contributed by atoms with E-state index in [1.54, 1.807) is 49.9 Å². The molecular weight excluding hydrogens is 496 g/mol. The number of benzene rings is 1. The second kappa shape index (κ2) is 13.4. The van der Waals surface area contributed by atoms with Crippen LogP contribution in [0.2, 0.25) is 0 Å². The summed E-state index contributed by atoms with van der Waals surface area (Å²) in [6, 6.07) is 5.11. The minimum Gasteiger partial charge on any atom is -0.444 e. The fourth-order valence-electron chi connectivity index (χ4n) is 4.34. The number of nitrogens with zero attached hydrogens (tertiary/aromatic N) is 2. The number of aliphatic imine (C=N–C) groups is 1. The lowest BCUT2D eigenvalue weighted by molar-refractivity contribution is -0.127. The number of nitrogens with one attached hydrogen (secondary N) is 2. The Morgan fingerprint density at radius 1 is 1.18 bits per heavy atom. The van der Waals surface area contributed by atoms with Gasteiger partial charge >= 0.3 is 6.09 Å². The standard InChI is InChI=1S/C30H40N4O5/c1-6-13-34(14-8-15-35)28(37)23-17-21-11-12-22(27(36)31-24-10-7-9-20(2)16-24)18-25(21)32-26(19-23)33-29(38)39-30(3,4)5/h7,9-12,17-18,20,35H,6,8,13-16,19H2,1-5H3,(H,31,36)(H,32,33,38). The molecule has 0 saturated carbocycles. The summed E-state index contributed by atoms with van der Waals surface area (Å²) in [4.78, 5) is 45.5. The molecule has 1 heterocycles. The zero-order valence-corrected chi connectivity index (χ0v) is 23.5. The first-order valence-corrected chi connectivity index (χ1v) is 13.5. The number of allylic oxidation sites excluding steroid dienone is 4. The molecule has 1 unspecified atom stereocenters. The molecule has 1 aliphatic carbocycles. The molecule has 0 radical (unpaired) electrons. The van der Waals surface area contributed by atoms with Gasteiger partial charge < -0.3 is 20.1 Å². The molecule has 39 heavy (non-hydrogen) atoms. The molecule has 210 valence electrons. The largest absolute Gasteiger partial charge is 0.444 e. The number of alkyl carbamates (subject to hydrolysis) is 1. The SMILES string of the molecule is CCCN(CCCO)C(=O)C1=Cc2ccc(C(=O)NC3=CC=CC(C)C3)cc2N=C(NC(=O)OC(C)(C)C)C1. The van der Waals surface area contributed by atoms with Crippen LogP contribution >= 0.6 is 0 Å². The van der Waals surface area contributed by atoms with Crippen molar-refractivity contribution in [2.24, 2.45) is 10.9 Å². The summed E-state index contributed by atoms with van der Waals surface area (Å²) < 4.78 is 5.41. The second-order valence-corrected chi connectivity index (χ2v) is 10.9. The lowest BCUT2D eigenvalue weighted by atomic mass is 10.00. The van der Waals surface area contributed by atoms with Crippen molar-refractivity contribution in [3.8, 4) is 0 Å². The van der Waals surface area contributed by atoms with Gasteiger partial charge in [-0.3, -0.25) is 14.9 Å². The Kier molecular flexibility index (Phi) is 10.2. The maximum absolute atomic E-state index is 13.5. The number of amides is 3. The number of hydrogen-bond donors (Lipinski definition) is 3. The van der Waals surface area contributed by atoms with Crippen LogP contribution in [-0.2, 0) is 9.53 Å². The van der Waals surface area contributed by atoms with Crippen LogP contribution in [0.4, 0.5) is 10.5 Å². The van der Waals surface area contributed by atoms with Gasteiger partial charge in [-0.15, -0.1) is 0 Å². The summed E-state index contributed by atoms with van der Waals surface area (Å²) in [6.07, 6.45) is 9.04.